The van der Waals surface area contributed by atoms with Gasteiger partial charge in [-0.2, -0.15) is 0 Å². The first-order valence-electron chi connectivity index (χ1n) is 5.82. The van der Waals surface area contributed by atoms with Crippen molar-refractivity contribution in [3.8, 4) is 0 Å². The van der Waals surface area contributed by atoms with Crippen LogP contribution in [0.3, 0.4) is 0 Å². The van der Waals surface area contributed by atoms with Gasteiger partial charge in [0.25, 0.3) is 0 Å². The van der Waals surface area contributed by atoms with E-state index < -0.39 is 11.4 Å². The second-order valence-corrected chi connectivity index (χ2v) is 4.42. The number of carboxylic acids is 1. The molecule has 0 spiro atoms. The molecule has 24 heavy (non-hydrogen) atoms. The topological polar surface area (TPSA) is 135 Å². The number of carbonyl (C=O) groups is 2. The van der Waals surface area contributed by atoms with Crippen LogP contribution in [0.5, 0.6) is 0 Å². The summed E-state index contributed by atoms with van der Waals surface area (Å²) in [5.41, 5.74) is -0.576. The van der Waals surface area contributed by atoms with E-state index in [1.165, 1.54) is 31.9 Å². The summed E-state index contributed by atoms with van der Waals surface area (Å²) in [4.78, 5) is 34.0. The van der Waals surface area contributed by atoms with Gasteiger partial charge in [-0.3, -0.25) is 4.98 Å². The van der Waals surface area contributed by atoms with Crippen molar-refractivity contribution in [1.82, 2.24) is 19.9 Å². The van der Waals surface area contributed by atoms with Gasteiger partial charge in [0.2, 0.25) is 0 Å². The van der Waals surface area contributed by atoms with Crippen LogP contribution in [0.1, 0.15) is 16.2 Å². The molecule has 9 nitrogen and oxygen atoms in total. The molecule has 0 bridgehead atoms. The van der Waals surface area contributed by atoms with E-state index in [-0.39, 0.29) is 22.6 Å². The average molecular weight is 398 g/mol. The van der Waals surface area contributed by atoms with Crippen LogP contribution in [0.2, 0.25) is 10.3 Å². The fraction of sp³-hybridized carbons (Fsp3) is 0.167. The zero-order valence-electron chi connectivity index (χ0n) is 12.1. The molecule has 0 saturated carbocycles. The molecular formula is C12H11Cl3N4O5. The minimum atomic E-state index is -1.17. The number of methoxy groups -OCH3 is 1. The van der Waals surface area contributed by atoms with Gasteiger partial charge in [-0.15, -0.1) is 0 Å². The number of carbonyl (C=O) groups excluding carboxylic acids is 1. The lowest BCUT2D eigenvalue weighted by Crippen LogP contribution is -2.01. The van der Waals surface area contributed by atoms with Gasteiger partial charge in [0, 0.05) is 36.4 Å². The molecule has 12 heteroatoms. The average Bonchev–Trinajstić information content (AvgIpc) is 2.56. The maximum Gasteiger partial charge on any atom is 0.403 e. The summed E-state index contributed by atoms with van der Waals surface area (Å²) in [7, 11) is 1.22. The Kier molecular flexibility index (Phi) is 11.3. The monoisotopic (exact) mass is 396 g/mol. The SMILES string of the molecule is COC(=O)Cl.O=C(O)c1nccnc1Cl.OCc1nccnc1Cl. The molecule has 0 atom stereocenters. The van der Waals surface area contributed by atoms with Crippen molar-refractivity contribution in [2.75, 3.05) is 7.11 Å². The van der Waals surface area contributed by atoms with Crippen LogP contribution in [0.25, 0.3) is 0 Å². The number of nitrogens with zero attached hydrogens (tertiary/aromatic N) is 4. The number of carboxylic acid groups (broad SMARTS) is 1. The first-order chi connectivity index (χ1) is 11.3. The smallest absolute Gasteiger partial charge is 0.403 e. The summed E-state index contributed by atoms with van der Waals surface area (Å²) in [6.45, 7) is -0.160. The molecule has 0 fully saturated rings. The second-order valence-electron chi connectivity index (χ2n) is 3.39. The lowest BCUT2D eigenvalue weighted by atomic mass is 10.5. The molecular weight excluding hydrogens is 387 g/mol. The molecule has 0 amide bonds. The first-order valence-corrected chi connectivity index (χ1v) is 6.96. The minimum absolute atomic E-state index is 0.0880. The van der Waals surface area contributed by atoms with E-state index in [2.05, 4.69) is 36.3 Å². The predicted octanol–water partition coefficient (Wildman–Crippen LogP) is 2.44. The Morgan fingerprint density at radius 1 is 1.04 bits per heavy atom. The third-order valence-electron chi connectivity index (χ3n) is 1.89. The summed E-state index contributed by atoms with van der Waals surface area (Å²) < 4.78 is 3.88. The van der Waals surface area contributed by atoms with Crippen LogP contribution < -0.4 is 0 Å². The first kappa shape index (κ1) is 21.9. The lowest BCUT2D eigenvalue weighted by Gasteiger charge is -1.93. The molecule has 0 aliphatic rings. The van der Waals surface area contributed by atoms with Crippen molar-refractivity contribution >= 4 is 46.2 Å². The Bertz CT molecular complexity index is 675. The van der Waals surface area contributed by atoms with Gasteiger partial charge in [-0.1, -0.05) is 23.2 Å². The van der Waals surface area contributed by atoms with Crippen molar-refractivity contribution in [3.63, 3.8) is 0 Å². The quantitative estimate of drug-likeness (QED) is 0.732. The zero-order valence-corrected chi connectivity index (χ0v) is 14.3. The number of hydrogen-bond donors (Lipinski definition) is 2. The minimum Gasteiger partial charge on any atom is -0.476 e. The summed E-state index contributed by atoms with van der Waals surface area (Å²) in [6.07, 6.45) is 5.56. The number of hydrogen-bond acceptors (Lipinski definition) is 8. The highest BCUT2D eigenvalue weighted by Gasteiger charge is 2.08. The second kappa shape index (κ2) is 12.4. The van der Waals surface area contributed by atoms with Crippen molar-refractivity contribution in [2.45, 2.75) is 6.61 Å². The van der Waals surface area contributed by atoms with Gasteiger partial charge in [-0.25, -0.2) is 24.5 Å². The molecule has 130 valence electrons. The number of aliphatic hydroxyl groups excluding tert-OH is 1. The number of aromatic nitrogens is 4. The van der Waals surface area contributed by atoms with Crippen molar-refractivity contribution in [3.05, 3.63) is 46.5 Å². The fourth-order valence-corrected chi connectivity index (χ4v) is 1.27. The standard InChI is InChI=1S/C5H3ClN2O2.C5H5ClN2O.C2H3ClO2/c6-4-3(5(9)10)7-1-2-8-4;6-5-4(3-9)7-1-2-8-5;1-5-2(3)4/h1-2H,(H,9,10);1-2,9H,3H2;1H3. The molecule has 0 aliphatic carbocycles. The number of aliphatic hydroxyl groups is 1. The van der Waals surface area contributed by atoms with Crippen LogP contribution in [-0.2, 0) is 11.3 Å². The van der Waals surface area contributed by atoms with Gasteiger partial charge in [-0.05, 0) is 0 Å². The molecule has 2 aromatic rings. The third kappa shape index (κ3) is 9.16. The molecule has 0 aliphatic heterocycles. The van der Waals surface area contributed by atoms with E-state index >= 15 is 0 Å². The normalized spacial score (nSPS) is 8.88. The van der Waals surface area contributed by atoms with E-state index in [1.54, 1.807) is 0 Å². The zero-order chi connectivity index (χ0) is 18.5. The van der Waals surface area contributed by atoms with Crippen LogP contribution >= 0.6 is 34.8 Å². The molecule has 2 rings (SSSR count). The van der Waals surface area contributed by atoms with Crippen LogP contribution in [0.4, 0.5) is 4.79 Å². The van der Waals surface area contributed by atoms with Gasteiger partial charge < -0.3 is 14.9 Å². The fourth-order valence-electron chi connectivity index (χ4n) is 0.920. The van der Waals surface area contributed by atoms with Gasteiger partial charge in [0.05, 0.1) is 13.7 Å². The van der Waals surface area contributed by atoms with Gasteiger partial charge in [0.15, 0.2) is 16.0 Å². The summed E-state index contributed by atoms with van der Waals surface area (Å²) in [5, 5.41) is 17.1. The van der Waals surface area contributed by atoms with E-state index in [0.29, 0.717) is 5.69 Å². The number of rotatable bonds is 2. The Hall–Kier alpha value is -2.07. The van der Waals surface area contributed by atoms with Crippen molar-refractivity contribution in [2.24, 2.45) is 0 Å². The van der Waals surface area contributed by atoms with Crippen LogP contribution in [0.15, 0.2) is 24.8 Å². The molecule has 0 aromatic carbocycles. The predicted molar refractivity (Wildman–Crippen MR) is 85.2 cm³/mol. The largest absolute Gasteiger partial charge is 0.476 e. The van der Waals surface area contributed by atoms with Crippen molar-refractivity contribution < 1.29 is 24.5 Å². The Labute approximate surface area is 151 Å². The third-order valence-corrected chi connectivity index (χ3v) is 2.64. The van der Waals surface area contributed by atoms with Gasteiger partial charge in [0.1, 0.15) is 5.69 Å². The summed E-state index contributed by atoms with van der Waals surface area (Å²) in [6, 6.07) is 0. The number of aromatic carboxylic acids is 1. The Morgan fingerprint density at radius 3 is 1.79 bits per heavy atom. The molecule has 2 N–H and O–H groups in total. The van der Waals surface area contributed by atoms with Crippen LogP contribution in [0, 0.1) is 0 Å². The van der Waals surface area contributed by atoms with Crippen LogP contribution in [-0.4, -0.2) is 48.7 Å². The highest BCUT2D eigenvalue weighted by molar-refractivity contribution is 6.61. The molecule has 0 unspecified atom stereocenters. The number of ether oxygens (including phenoxy) is 1. The van der Waals surface area contributed by atoms with E-state index in [9.17, 15) is 9.59 Å². The molecule has 0 radical (unpaired) electrons. The number of halogens is 3. The maximum atomic E-state index is 10.2. The Morgan fingerprint density at radius 2 is 1.50 bits per heavy atom. The van der Waals surface area contributed by atoms with Gasteiger partial charge >= 0.3 is 11.4 Å². The van der Waals surface area contributed by atoms with E-state index in [4.69, 9.17) is 33.4 Å². The maximum absolute atomic E-state index is 10.2. The highest BCUT2D eigenvalue weighted by atomic mass is 35.5. The molecule has 2 heterocycles. The molecule has 2 aromatic heterocycles. The highest BCUT2D eigenvalue weighted by Crippen LogP contribution is 2.07. The summed E-state index contributed by atoms with van der Waals surface area (Å²) >= 11 is 15.5. The Balaban J connectivity index is 0.000000351. The van der Waals surface area contributed by atoms with E-state index in [1.807, 2.05) is 0 Å². The lowest BCUT2D eigenvalue weighted by molar-refractivity contribution is 0.0690. The van der Waals surface area contributed by atoms with Crippen molar-refractivity contribution in [1.29, 1.82) is 0 Å². The van der Waals surface area contributed by atoms with E-state index in [0.717, 1.165) is 0 Å². The summed E-state index contributed by atoms with van der Waals surface area (Å²) in [5.74, 6) is -1.17. The molecule has 0 saturated heterocycles.